The summed E-state index contributed by atoms with van der Waals surface area (Å²) in [6, 6.07) is 9.25. The van der Waals surface area contributed by atoms with Crippen LogP contribution in [-0.2, 0) is 20.9 Å². The Balaban J connectivity index is 1.85. The summed E-state index contributed by atoms with van der Waals surface area (Å²) in [5.74, 6) is -1.87. The van der Waals surface area contributed by atoms with E-state index in [2.05, 4.69) is 5.32 Å². The third-order valence-corrected chi connectivity index (χ3v) is 3.16. The van der Waals surface area contributed by atoms with E-state index in [0.717, 1.165) is 5.56 Å². The second-order valence-corrected chi connectivity index (χ2v) is 4.87. The summed E-state index contributed by atoms with van der Waals surface area (Å²) in [7, 11) is 0. The topological polar surface area (TPSA) is 95.9 Å². The molecule has 112 valence electrons. The van der Waals surface area contributed by atoms with E-state index in [-0.39, 0.29) is 30.4 Å². The van der Waals surface area contributed by atoms with E-state index < -0.39 is 18.3 Å². The molecule has 1 atom stereocenters. The van der Waals surface area contributed by atoms with Gasteiger partial charge < -0.3 is 20.3 Å². The molecule has 0 aliphatic carbocycles. The summed E-state index contributed by atoms with van der Waals surface area (Å²) in [5.41, 5.74) is 0.938. The Morgan fingerprint density at radius 3 is 2.67 bits per heavy atom. The Morgan fingerprint density at radius 2 is 2.05 bits per heavy atom. The third kappa shape index (κ3) is 4.32. The molecule has 3 N–H and O–H groups in total. The van der Waals surface area contributed by atoms with Gasteiger partial charge in [0.1, 0.15) is 5.76 Å². The molecule has 1 aliphatic rings. The molecule has 0 bridgehead atoms. The van der Waals surface area contributed by atoms with Crippen LogP contribution >= 0.6 is 0 Å². The van der Waals surface area contributed by atoms with E-state index >= 15 is 0 Å². The Labute approximate surface area is 122 Å². The van der Waals surface area contributed by atoms with Crippen LogP contribution in [0.25, 0.3) is 0 Å². The molecular formula is C15H17NO5. The van der Waals surface area contributed by atoms with E-state index in [1.807, 2.05) is 30.3 Å². The second-order valence-electron chi connectivity index (χ2n) is 4.87. The maximum Gasteiger partial charge on any atom is 0.308 e. The van der Waals surface area contributed by atoms with Crippen molar-refractivity contribution in [3.05, 3.63) is 47.2 Å². The van der Waals surface area contributed by atoms with Crippen LogP contribution in [0.15, 0.2) is 41.7 Å². The molecule has 21 heavy (non-hydrogen) atoms. The zero-order valence-electron chi connectivity index (χ0n) is 11.4. The number of hydrogen-bond acceptors (Lipinski definition) is 4. The van der Waals surface area contributed by atoms with Crippen molar-refractivity contribution in [3.63, 3.8) is 0 Å². The number of aliphatic hydroxyl groups excluding tert-OH is 1. The maximum absolute atomic E-state index is 11.7. The van der Waals surface area contributed by atoms with Gasteiger partial charge in [0, 0.05) is 6.42 Å². The molecule has 1 aromatic rings. The van der Waals surface area contributed by atoms with Crippen molar-refractivity contribution in [1.29, 1.82) is 0 Å². The highest BCUT2D eigenvalue weighted by molar-refractivity contribution is 5.98. The third-order valence-electron chi connectivity index (χ3n) is 3.16. The first-order valence-electron chi connectivity index (χ1n) is 6.61. The van der Waals surface area contributed by atoms with Gasteiger partial charge >= 0.3 is 5.97 Å². The first-order chi connectivity index (χ1) is 10.1. The largest absolute Gasteiger partial charge is 0.512 e. The standard InChI is InChI=1S/C15H17NO5/c17-13-6-11(16-15(20)12(13)7-14(18)19)9-21-8-10-4-2-1-3-5-10/h1-5,11,17H,6-9H2,(H,16,20)(H,18,19). The predicted molar refractivity (Wildman–Crippen MR) is 74.6 cm³/mol. The molecule has 0 saturated carbocycles. The van der Waals surface area contributed by atoms with Crippen LogP contribution in [0.4, 0.5) is 0 Å². The van der Waals surface area contributed by atoms with Gasteiger partial charge in [-0.05, 0) is 5.56 Å². The number of nitrogens with one attached hydrogen (secondary N) is 1. The summed E-state index contributed by atoms with van der Waals surface area (Å²) < 4.78 is 5.51. The highest BCUT2D eigenvalue weighted by Crippen LogP contribution is 2.18. The Bertz CT molecular complexity index is 552. The van der Waals surface area contributed by atoms with Gasteiger partial charge in [-0.3, -0.25) is 9.59 Å². The minimum absolute atomic E-state index is 0.0817. The SMILES string of the molecule is O=C(O)CC1=C(O)CC(COCc2ccccc2)NC1=O. The van der Waals surface area contributed by atoms with Crippen molar-refractivity contribution in [2.45, 2.75) is 25.5 Å². The van der Waals surface area contributed by atoms with Crippen LogP contribution in [0, 0.1) is 0 Å². The number of hydrogen-bond donors (Lipinski definition) is 3. The summed E-state index contributed by atoms with van der Waals surface area (Å²) in [4.78, 5) is 22.4. The number of ether oxygens (including phenoxy) is 1. The molecule has 0 saturated heterocycles. The molecule has 6 nitrogen and oxygen atoms in total. The van der Waals surface area contributed by atoms with Gasteiger partial charge in [-0.15, -0.1) is 0 Å². The van der Waals surface area contributed by atoms with E-state index in [9.17, 15) is 14.7 Å². The monoisotopic (exact) mass is 291 g/mol. The average molecular weight is 291 g/mol. The van der Waals surface area contributed by atoms with Gasteiger partial charge in [-0.2, -0.15) is 0 Å². The van der Waals surface area contributed by atoms with Crippen LogP contribution < -0.4 is 5.32 Å². The molecule has 1 aliphatic heterocycles. The van der Waals surface area contributed by atoms with Gasteiger partial charge in [-0.25, -0.2) is 0 Å². The molecule has 0 spiro atoms. The van der Waals surface area contributed by atoms with Crippen LogP contribution in [0.5, 0.6) is 0 Å². The fourth-order valence-electron chi connectivity index (χ4n) is 2.14. The lowest BCUT2D eigenvalue weighted by Crippen LogP contribution is -2.43. The first-order valence-corrected chi connectivity index (χ1v) is 6.61. The quantitative estimate of drug-likeness (QED) is 0.736. The van der Waals surface area contributed by atoms with Crippen LogP contribution in [0.3, 0.4) is 0 Å². The van der Waals surface area contributed by atoms with Crippen molar-refractivity contribution < 1.29 is 24.5 Å². The van der Waals surface area contributed by atoms with Gasteiger partial charge in [0.05, 0.1) is 31.2 Å². The molecule has 6 heteroatoms. The van der Waals surface area contributed by atoms with E-state index in [0.29, 0.717) is 6.61 Å². The number of benzene rings is 1. The number of carbonyl (C=O) groups excluding carboxylic acids is 1. The molecule has 2 rings (SSSR count). The lowest BCUT2D eigenvalue weighted by Gasteiger charge is -2.24. The predicted octanol–water partition coefficient (Wildman–Crippen LogP) is 1.38. The normalized spacial score (nSPS) is 18.5. The number of amides is 1. The Hall–Kier alpha value is -2.34. The minimum Gasteiger partial charge on any atom is -0.512 e. The summed E-state index contributed by atoms with van der Waals surface area (Å²) in [5, 5.41) is 21.1. The molecule has 1 unspecified atom stereocenters. The molecule has 1 heterocycles. The van der Waals surface area contributed by atoms with E-state index in [1.165, 1.54) is 0 Å². The molecule has 0 aromatic heterocycles. The van der Waals surface area contributed by atoms with Crippen molar-refractivity contribution in [2.24, 2.45) is 0 Å². The van der Waals surface area contributed by atoms with E-state index in [1.54, 1.807) is 0 Å². The molecular weight excluding hydrogens is 274 g/mol. The summed E-state index contributed by atoms with van der Waals surface area (Å²) in [6.45, 7) is 0.671. The number of rotatable bonds is 6. The fourth-order valence-corrected chi connectivity index (χ4v) is 2.14. The fraction of sp³-hybridized carbons (Fsp3) is 0.333. The highest BCUT2D eigenvalue weighted by Gasteiger charge is 2.28. The number of aliphatic hydroxyl groups is 1. The van der Waals surface area contributed by atoms with Gasteiger partial charge in [0.15, 0.2) is 0 Å². The zero-order valence-corrected chi connectivity index (χ0v) is 11.4. The Kier molecular flexibility index (Phi) is 4.94. The van der Waals surface area contributed by atoms with Crippen molar-refractivity contribution in [1.82, 2.24) is 5.32 Å². The summed E-state index contributed by atoms with van der Waals surface area (Å²) in [6.07, 6.45) is -0.293. The van der Waals surface area contributed by atoms with Crippen LogP contribution in [0.2, 0.25) is 0 Å². The lowest BCUT2D eigenvalue weighted by atomic mass is 10.0. The maximum atomic E-state index is 11.7. The van der Waals surface area contributed by atoms with Crippen LogP contribution in [0.1, 0.15) is 18.4 Å². The van der Waals surface area contributed by atoms with Crippen molar-refractivity contribution in [2.75, 3.05) is 6.61 Å². The average Bonchev–Trinajstić information content (AvgIpc) is 2.44. The number of carbonyl (C=O) groups is 2. The molecule has 1 aromatic carbocycles. The second kappa shape index (κ2) is 6.90. The number of aliphatic carboxylic acids is 1. The zero-order chi connectivity index (χ0) is 15.2. The smallest absolute Gasteiger partial charge is 0.308 e. The lowest BCUT2D eigenvalue weighted by molar-refractivity contribution is -0.137. The molecule has 0 fully saturated rings. The first kappa shape index (κ1) is 15.1. The van der Waals surface area contributed by atoms with Gasteiger partial charge in [0.25, 0.3) is 5.91 Å². The molecule has 1 amide bonds. The number of carboxylic acids is 1. The Morgan fingerprint density at radius 1 is 1.33 bits per heavy atom. The molecule has 0 radical (unpaired) electrons. The summed E-state index contributed by atoms with van der Waals surface area (Å²) >= 11 is 0. The van der Waals surface area contributed by atoms with Gasteiger partial charge in [0.2, 0.25) is 0 Å². The van der Waals surface area contributed by atoms with E-state index in [4.69, 9.17) is 9.84 Å². The highest BCUT2D eigenvalue weighted by atomic mass is 16.5. The van der Waals surface area contributed by atoms with Crippen molar-refractivity contribution in [3.8, 4) is 0 Å². The minimum atomic E-state index is -1.15. The van der Waals surface area contributed by atoms with Crippen molar-refractivity contribution >= 4 is 11.9 Å². The van der Waals surface area contributed by atoms with Crippen LogP contribution in [-0.4, -0.2) is 34.7 Å². The van der Waals surface area contributed by atoms with Gasteiger partial charge in [-0.1, -0.05) is 30.3 Å². The number of carboxylic acid groups (broad SMARTS) is 1.